The number of carbonyl (C=O) groups excluding carboxylic acids is 2. The van der Waals surface area contributed by atoms with Gasteiger partial charge in [-0.25, -0.2) is 19.2 Å². The molecule has 2 aromatic rings. The Labute approximate surface area is 219 Å². The maximum Gasteiger partial charge on any atom is 0.339 e. The van der Waals surface area contributed by atoms with E-state index in [1.807, 2.05) is 0 Å². The molecule has 2 N–H and O–H groups in total. The van der Waals surface area contributed by atoms with Crippen LogP contribution in [0.25, 0.3) is 0 Å². The van der Waals surface area contributed by atoms with Gasteiger partial charge in [0.15, 0.2) is 0 Å². The van der Waals surface area contributed by atoms with Gasteiger partial charge in [0.1, 0.15) is 13.2 Å². The Hall–Kier alpha value is -3.84. The van der Waals surface area contributed by atoms with Crippen LogP contribution < -0.4 is 0 Å². The predicted octanol–water partition coefficient (Wildman–Crippen LogP) is 2.16. The van der Waals surface area contributed by atoms with Crippen LogP contribution in [0.5, 0.6) is 0 Å². The van der Waals surface area contributed by atoms with E-state index in [0.29, 0.717) is 26.4 Å². The van der Waals surface area contributed by atoms with Crippen LogP contribution in [0.15, 0.2) is 48.5 Å². The van der Waals surface area contributed by atoms with Crippen molar-refractivity contribution in [2.45, 2.75) is 0 Å². The summed E-state index contributed by atoms with van der Waals surface area (Å²) in [6.45, 7) is 2.09. The van der Waals surface area contributed by atoms with Crippen molar-refractivity contribution in [2.24, 2.45) is 0 Å². The molecule has 2 rings (SSSR count). The molecule has 0 aromatic heterocycles. The standard InChI is InChI=1S/C26H30O12/c27-23(28)19-5-1-3-7-21(19)25(31)37-17-15-35-13-11-33-9-10-34-12-14-36-16-18-38-26(32)22-8-4-2-6-20(22)24(29)30/h1-8H,9-18H2,(H,27,28)(H,29,30). The van der Waals surface area contributed by atoms with E-state index in [0.717, 1.165) is 0 Å². The maximum absolute atomic E-state index is 12.0. The molecule has 0 aliphatic carbocycles. The molecule has 0 unspecified atom stereocenters. The van der Waals surface area contributed by atoms with Crippen LogP contribution in [0, 0.1) is 0 Å². The van der Waals surface area contributed by atoms with Crippen molar-refractivity contribution in [1.29, 1.82) is 0 Å². The Kier molecular flexibility index (Phi) is 14.1. The van der Waals surface area contributed by atoms with Crippen molar-refractivity contribution in [3.63, 3.8) is 0 Å². The summed E-state index contributed by atoms with van der Waals surface area (Å²) in [5.41, 5.74) is -0.280. The summed E-state index contributed by atoms with van der Waals surface area (Å²) in [5.74, 6) is -3.87. The highest BCUT2D eigenvalue weighted by molar-refractivity contribution is 6.03. The van der Waals surface area contributed by atoms with Gasteiger partial charge >= 0.3 is 23.9 Å². The van der Waals surface area contributed by atoms with Crippen molar-refractivity contribution in [1.82, 2.24) is 0 Å². The molecule has 0 aliphatic rings. The van der Waals surface area contributed by atoms with Gasteiger partial charge in [-0.05, 0) is 24.3 Å². The Bertz CT molecular complexity index is 969. The van der Waals surface area contributed by atoms with Crippen LogP contribution in [-0.4, -0.2) is 100 Å². The topological polar surface area (TPSA) is 164 Å². The highest BCUT2D eigenvalue weighted by atomic mass is 16.6. The number of esters is 2. The van der Waals surface area contributed by atoms with Gasteiger partial charge in [0.2, 0.25) is 0 Å². The second-order valence-electron chi connectivity index (χ2n) is 7.42. The second kappa shape index (κ2) is 17.6. The average molecular weight is 535 g/mol. The number of hydrogen-bond acceptors (Lipinski definition) is 10. The van der Waals surface area contributed by atoms with Crippen LogP contribution in [0.4, 0.5) is 0 Å². The Morgan fingerprint density at radius 1 is 0.447 bits per heavy atom. The van der Waals surface area contributed by atoms with Crippen molar-refractivity contribution >= 4 is 23.9 Å². The molecule has 0 aliphatic heterocycles. The lowest BCUT2D eigenvalue weighted by atomic mass is 10.1. The van der Waals surface area contributed by atoms with E-state index >= 15 is 0 Å². The van der Waals surface area contributed by atoms with E-state index in [4.69, 9.17) is 38.6 Å². The fraction of sp³-hybridized carbons (Fsp3) is 0.385. The molecule has 12 nitrogen and oxygen atoms in total. The third kappa shape index (κ3) is 11.0. The van der Waals surface area contributed by atoms with Gasteiger partial charge in [0.05, 0.1) is 75.1 Å². The van der Waals surface area contributed by atoms with Crippen molar-refractivity contribution in [3.8, 4) is 0 Å². The number of ether oxygens (including phenoxy) is 6. The number of benzene rings is 2. The molecule has 0 fully saturated rings. The zero-order valence-electron chi connectivity index (χ0n) is 20.7. The Morgan fingerprint density at radius 3 is 1.00 bits per heavy atom. The molecule has 0 atom stereocenters. The van der Waals surface area contributed by atoms with E-state index in [1.54, 1.807) is 12.1 Å². The second-order valence-corrected chi connectivity index (χ2v) is 7.42. The lowest BCUT2D eigenvalue weighted by molar-refractivity contribution is -0.0136. The smallest absolute Gasteiger partial charge is 0.339 e. The molecule has 0 saturated carbocycles. The first-order valence-electron chi connectivity index (χ1n) is 11.7. The van der Waals surface area contributed by atoms with Gasteiger partial charge in [-0.3, -0.25) is 0 Å². The van der Waals surface area contributed by atoms with Crippen molar-refractivity contribution in [2.75, 3.05) is 66.1 Å². The van der Waals surface area contributed by atoms with Gasteiger partial charge in [0, 0.05) is 0 Å². The normalized spacial score (nSPS) is 10.6. The van der Waals surface area contributed by atoms with Gasteiger partial charge in [0.25, 0.3) is 0 Å². The molecule has 0 saturated heterocycles. The first kappa shape index (κ1) is 30.4. The van der Waals surface area contributed by atoms with Gasteiger partial charge in [-0.1, -0.05) is 24.3 Å². The molecule has 12 heteroatoms. The number of rotatable bonds is 19. The molecule has 38 heavy (non-hydrogen) atoms. The van der Waals surface area contributed by atoms with Crippen LogP contribution in [0.1, 0.15) is 41.4 Å². The third-order valence-electron chi connectivity index (χ3n) is 4.79. The number of hydrogen-bond donors (Lipinski definition) is 2. The first-order valence-corrected chi connectivity index (χ1v) is 11.7. The van der Waals surface area contributed by atoms with E-state index in [1.165, 1.54) is 36.4 Å². The highest BCUT2D eigenvalue weighted by Crippen LogP contribution is 2.11. The quantitative estimate of drug-likeness (QED) is 0.200. The molecule has 0 heterocycles. The van der Waals surface area contributed by atoms with E-state index < -0.39 is 23.9 Å². The average Bonchev–Trinajstić information content (AvgIpc) is 2.92. The van der Waals surface area contributed by atoms with Crippen molar-refractivity contribution in [3.05, 3.63) is 70.8 Å². The predicted molar refractivity (Wildman–Crippen MR) is 131 cm³/mol. The fourth-order valence-corrected chi connectivity index (χ4v) is 3.00. The lowest BCUT2D eigenvalue weighted by Crippen LogP contribution is -2.17. The lowest BCUT2D eigenvalue weighted by Gasteiger charge is -2.09. The van der Waals surface area contributed by atoms with E-state index in [-0.39, 0.29) is 61.9 Å². The summed E-state index contributed by atoms with van der Waals surface area (Å²) in [6.07, 6.45) is 0. The minimum absolute atomic E-state index is 0.0173. The number of carboxylic acids is 2. The number of carboxylic acid groups (broad SMARTS) is 2. The first-order chi connectivity index (χ1) is 18.4. The van der Waals surface area contributed by atoms with Crippen molar-refractivity contribution < 1.29 is 57.8 Å². The molecular weight excluding hydrogens is 504 g/mol. The zero-order valence-corrected chi connectivity index (χ0v) is 20.7. The van der Waals surface area contributed by atoms with Gasteiger partial charge in [-0.15, -0.1) is 0 Å². The monoisotopic (exact) mass is 534 g/mol. The summed E-state index contributed by atoms with van der Waals surface area (Å²) in [4.78, 5) is 46.3. The summed E-state index contributed by atoms with van der Waals surface area (Å²) >= 11 is 0. The molecule has 0 radical (unpaired) electrons. The molecule has 0 amide bonds. The van der Waals surface area contributed by atoms with Crippen LogP contribution in [0.3, 0.4) is 0 Å². The molecule has 0 bridgehead atoms. The molecule has 206 valence electrons. The van der Waals surface area contributed by atoms with Gasteiger partial charge in [-0.2, -0.15) is 0 Å². The largest absolute Gasteiger partial charge is 0.478 e. The minimum Gasteiger partial charge on any atom is -0.478 e. The van der Waals surface area contributed by atoms with Crippen LogP contribution in [0.2, 0.25) is 0 Å². The summed E-state index contributed by atoms with van der Waals surface area (Å²) in [7, 11) is 0. The summed E-state index contributed by atoms with van der Waals surface area (Å²) in [6, 6.07) is 11.6. The fourth-order valence-electron chi connectivity index (χ4n) is 3.00. The van der Waals surface area contributed by atoms with Crippen LogP contribution >= 0.6 is 0 Å². The molecule has 2 aromatic carbocycles. The number of aromatic carboxylic acids is 2. The Morgan fingerprint density at radius 2 is 0.711 bits per heavy atom. The zero-order chi connectivity index (χ0) is 27.6. The third-order valence-corrected chi connectivity index (χ3v) is 4.79. The SMILES string of the molecule is O=C(O)c1ccccc1C(=O)OCCOCCOCCOCCOCCOC(=O)c1ccccc1C(=O)O. The van der Waals surface area contributed by atoms with E-state index in [2.05, 4.69) is 0 Å². The Balaban J connectivity index is 1.39. The highest BCUT2D eigenvalue weighted by Gasteiger charge is 2.17. The minimum atomic E-state index is -1.21. The van der Waals surface area contributed by atoms with Crippen LogP contribution in [-0.2, 0) is 28.4 Å². The maximum atomic E-state index is 12.0. The molecule has 0 spiro atoms. The number of carbonyl (C=O) groups is 4. The summed E-state index contributed by atoms with van der Waals surface area (Å²) in [5, 5.41) is 18.2. The van der Waals surface area contributed by atoms with E-state index in [9.17, 15) is 19.2 Å². The van der Waals surface area contributed by atoms with Gasteiger partial charge < -0.3 is 38.6 Å². The molecular formula is C26H30O12. The summed E-state index contributed by atoms with van der Waals surface area (Å²) < 4.78 is 31.3.